The number of carbonyl (C=O) groups is 2. The molecule has 25 heavy (non-hydrogen) atoms. The largest absolute Gasteiger partial charge is 0.481 e. The first-order valence-electron chi connectivity index (χ1n) is 7.41. The third-order valence-corrected chi connectivity index (χ3v) is 3.50. The second-order valence-corrected chi connectivity index (χ2v) is 5.43. The summed E-state index contributed by atoms with van der Waals surface area (Å²) >= 11 is 0. The van der Waals surface area contributed by atoms with E-state index in [9.17, 15) is 33.0 Å². The molecule has 0 aromatic rings. The second-order valence-electron chi connectivity index (χ2n) is 5.43. The van der Waals surface area contributed by atoms with Crippen LogP contribution in [0.2, 0.25) is 0 Å². The first-order chi connectivity index (χ1) is 11.6. The first-order valence-corrected chi connectivity index (χ1v) is 7.41. The highest BCUT2D eigenvalue weighted by Crippen LogP contribution is 2.24. The number of aliphatic hydroxyl groups excluding tert-OH is 3. The number of aliphatic hydroxyl groups is 3. The number of carboxylic acids is 1. The van der Waals surface area contributed by atoms with Crippen LogP contribution in [0, 0.1) is 0 Å². The topological polar surface area (TPSA) is 146 Å². The number of carboxylic acid groups (broad SMARTS) is 1. The van der Waals surface area contributed by atoms with Crippen LogP contribution in [0.3, 0.4) is 0 Å². The van der Waals surface area contributed by atoms with Crippen LogP contribution >= 0.6 is 0 Å². The molecule has 3 unspecified atom stereocenters. The summed E-state index contributed by atoms with van der Waals surface area (Å²) < 4.78 is 47.4. The van der Waals surface area contributed by atoms with Gasteiger partial charge in [0.2, 0.25) is 0 Å². The van der Waals surface area contributed by atoms with Crippen LogP contribution in [-0.4, -0.2) is 82.3 Å². The Bertz CT molecular complexity index is 461. The molecule has 5 N–H and O–H groups in total. The van der Waals surface area contributed by atoms with E-state index in [4.69, 9.17) is 19.7 Å². The van der Waals surface area contributed by atoms with Crippen molar-refractivity contribution in [2.75, 3.05) is 13.2 Å². The number of amides is 1. The van der Waals surface area contributed by atoms with E-state index in [-0.39, 0.29) is 25.9 Å². The molecule has 0 aromatic carbocycles. The van der Waals surface area contributed by atoms with Crippen molar-refractivity contribution in [3.05, 3.63) is 0 Å². The van der Waals surface area contributed by atoms with Gasteiger partial charge in [-0.15, -0.1) is 0 Å². The number of halogens is 3. The Labute approximate surface area is 140 Å². The zero-order chi connectivity index (χ0) is 19.2. The molecule has 1 amide bonds. The molecule has 1 fully saturated rings. The molecule has 1 rings (SSSR count). The molecule has 1 heterocycles. The number of ether oxygens (including phenoxy) is 2. The van der Waals surface area contributed by atoms with Gasteiger partial charge in [-0.3, -0.25) is 9.59 Å². The molecule has 146 valence electrons. The summed E-state index contributed by atoms with van der Waals surface area (Å²) in [5.41, 5.74) is 0. The quantitative estimate of drug-likeness (QED) is 0.331. The standard InChI is InChI=1S/C13H20F3NO8/c14-13(15,16)12(23)17-8-10(22)9(21)6(5-18)25-11(8)24-4-2-1-3-7(19)20/h6,8-11,18,21-22H,1-5H2,(H,17,23)(H,19,20)/t6?,8?,9-,10+,11?/m0/s1. The lowest BCUT2D eigenvalue weighted by Crippen LogP contribution is -2.65. The molecule has 9 nitrogen and oxygen atoms in total. The van der Waals surface area contributed by atoms with Crippen LogP contribution in [0.15, 0.2) is 0 Å². The van der Waals surface area contributed by atoms with Crippen LogP contribution < -0.4 is 5.32 Å². The Balaban J connectivity index is 2.72. The van der Waals surface area contributed by atoms with Crippen LogP contribution in [0.4, 0.5) is 13.2 Å². The third kappa shape index (κ3) is 6.40. The summed E-state index contributed by atoms with van der Waals surface area (Å²) in [6.07, 6.45) is -11.4. The first kappa shape index (κ1) is 21.6. The van der Waals surface area contributed by atoms with Crippen molar-refractivity contribution in [2.24, 2.45) is 0 Å². The van der Waals surface area contributed by atoms with Crippen molar-refractivity contribution in [3.8, 4) is 0 Å². The molecule has 1 aliphatic heterocycles. The molecule has 0 radical (unpaired) electrons. The lowest BCUT2D eigenvalue weighted by molar-refractivity contribution is -0.272. The molecule has 0 aliphatic carbocycles. The summed E-state index contributed by atoms with van der Waals surface area (Å²) in [6.45, 7) is -0.867. The molecule has 1 aliphatic rings. The van der Waals surface area contributed by atoms with Crippen molar-refractivity contribution in [2.45, 2.75) is 56.1 Å². The summed E-state index contributed by atoms with van der Waals surface area (Å²) in [5.74, 6) is -3.38. The minimum absolute atomic E-state index is 0.128. The minimum atomic E-state index is -5.22. The second kappa shape index (κ2) is 9.29. The number of aliphatic carboxylic acids is 1. The Kier molecular flexibility index (Phi) is 8.02. The van der Waals surface area contributed by atoms with E-state index < -0.39 is 55.3 Å². The lowest BCUT2D eigenvalue weighted by Gasteiger charge is -2.42. The smallest absolute Gasteiger partial charge is 0.471 e. The number of nitrogens with one attached hydrogen (secondary N) is 1. The third-order valence-electron chi connectivity index (χ3n) is 3.50. The van der Waals surface area contributed by atoms with Gasteiger partial charge in [0, 0.05) is 13.0 Å². The van der Waals surface area contributed by atoms with Gasteiger partial charge in [-0.25, -0.2) is 0 Å². The maximum absolute atomic E-state index is 12.4. The summed E-state index contributed by atoms with van der Waals surface area (Å²) in [4.78, 5) is 21.5. The van der Waals surface area contributed by atoms with E-state index in [1.165, 1.54) is 5.32 Å². The molecule has 0 spiro atoms. The molecular weight excluding hydrogens is 355 g/mol. The Morgan fingerprint density at radius 1 is 1.16 bits per heavy atom. The zero-order valence-electron chi connectivity index (χ0n) is 13.0. The summed E-state index contributed by atoms with van der Waals surface area (Å²) in [7, 11) is 0. The number of hydrogen-bond donors (Lipinski definition) is 5. The number of carbonyl (C=O) groups excluding carboxylic acids is 1. The summed E-state index contributed by atoms with van der Waals surface area (Å²) in [5, 5.41) is 38.7. The number of rotatable bonds is 8. The van der Waals surface area contributed by atoms with E-state index in [1.54, 1.807) is 0 Å². The van der Waals surface area contributed by atoms with E-state index in [2.05, 4.69) is 0 Å². The molecule has 1 saturated heterocycles. The Morgan fingerprint density at radius 3 is 2.32 bits per heavy atom. The van der Waals surface area contributed by atoms with Crippen molar-refractivity contribution in [1.29, 1.82) is 0 Å². The SMILES string of the molecule is O=C(O)CCCCOC1OC(CO)[C@H](O)[C@H](O)C1NC(=O)C(F)(F)F. The van der Waals surface area contributed by atoms with Crippen molar-refractivity contribution >= 4 is 11.9 Å². The monoisotopic (exact) mass is 375 g/mol. The van der Waals surface area contributed by atoms with Gasteiger partial charge in [0.1, 0.15) is 24.4 Å². The molecule has 5 atom stereocenters. The van der Waals surface area contributed by atoms with Gasteiger partial charge in [0.25, 0.3) is 0 Å². The van der Waals surface area contributed by atoms with Crippen LogP contribution in [0.1, 0.15) is 19.3 Å². The maximum Gasteiger partial charge on any atom is 0.471 e. The van der Waals surface area contributed by atoms with E-state index in [0.717, 1.165) is 0 Å². The van der Waals surface area contributed by atoms with Gasteiger partial charge in [-0.2, -0.15) is 13.2 Å². The van der Waals surface area contributed by atoms with Gasteiger partial charge in [-0.1, -0.05) is 0 Å². The Morgan fingerprint density at radius 2 is 1.80 bits per heavy atom. The normalized spacial score (nSPS) is 30.1. The zero-order valence-corrected chi connectivity index (χ0v) is 13.0. The number of unbranched alkanes of at least 4 members (excludes halogenated alkanes) is 1. The molecule has 0 aromatic heterocycles. The molecular formula is C13H20F3NO8. The fraction of sp³-hybridized carbons (Fsp3) is 0.846. The van der Waals surface area contributed by atoms with Crippen molar-refractivity contribution in [1.82, 2.24) is 5.32 Å². The van der Waals surface area contributed by atoms with E-state index in [1.807, 2.05) is 0 Å². The predicted molar refractivity (Wildman–Crippen MR) is 73.2 cm³/mol. The maximum atomic E-state index is 12.4. The van der Waals surface area contributed by atoms with E-state index >= 15 is 0 Å². The average Bonchev–Trinajstić information content (AvgIpc) is 2.51. The molecule has 0 saturated carbocycles. The highest BCUT2D eigenvalue weighted by Gasteiger charge is 2.49. The summed E-state index contributed by atoms with van der Waals surface area (Å²) in [6, 6.07) is -1.73. The van der Waals surface area contributed by atoms with Gasteiger partial charge in [0.15, 0.2) is 6.29 Å². The lowest BCUT2D eigenvalue weighted by atomic mass is 9.97. The van der Waals surface area contributed by atoms with Crippen molar-refractivity contribution < 1.29 is 52.7 Å². The highest BCUT2D eigenvalue weighted by atomic mass is 19.4. The van der Waals surface area contributed by atoms with Crippen LogP contribution in [0.5, 0.6) is 0 Å². The average molecular weight is 375 g/mol. The van der Waals surface area contributed by atoms with Gasteiger partial charge < -0.3 is 35.2 Å². The highest BCUT2D eigenvalue weighted by molar-refractivity contribution is 5.82. The van der Waals surface area contributed by atoms with Crippen molar-refractivity contribution in [3.63, 3.8) is 0 Å². The number of hydrogen-bond acceptors (Lipinski definition) is 7. The molecule has 0 bridgehead atoms. The predicted octanol–water partition coefficient (Wildman–Crippen LogP) is -1.26. The minimum Gasteiger partial charge on any atom is -0.481 e. The van der Waals surface area contributed by atoms with E-state index in [0.29, 0.717) is 0 Å². The number of alkyl halides is 3. The van der Waals surface area contributed by atoms with Gasteiger partial charge >= 0.3 is 18.1 Å². The molecule has 12 heteroatoms. The Hall–Kier alpha value is -1.47. The van der Waals surface area contributed by atoms with Crippen LogP contribution in [0.25, 0.3) is 0 Å². The van der Waals surface area contributed by atoms with Gasteiger partial charge in [-0.05, 0) is 12.8 Å². The fourth-order valence-electron chi connectivity index (χ4n) is 2.19. The van der Waals surface area contributed by atoms with Crippen LogP contribution in [-0.2, 0) is 19.1 Å². The fourth-order valence-corrected chi connectivity index (χ4v) is 2.19. The van der Waals surface area contributed by atoms with Gasteiger partial charge in [0.05, 0.1) is 6.61 Å².